The lowest BCUT2D eigenvalue weighted by atomic mass is 10.1. The van der Waals surface area contributed by atoms with Crippen molar-refractivity contribution in [2.75, 3.05) is 12.4 Å². The second-order valence-electron chi connectivity index (χ2n) is 8.09. The van der Waals surface area contributed by atoms with Gasteiger partial charge in [-0.2, -0.15) is 5.10 Å². The lowest BCUT2D eigenvalue weighted by Crippen LogP contribution is -2.10. The van der Waals surface area contributed by atoms with Crippen LogP contribution in [0.25, 0.3) is 22.3 Å². The van der Waals surface area contributed by atoms with Gasteiger partial charge < -0.3 is 9.88 Å². The predicted molar refractivity (Wildman–Crippen MR) is 126 cm³/mol. The molecule has 0 saturated heterocycles. The monoisotopic (exact) mass is 455 g/mol. The molecule has 0 saturated carbocycles. The van der Waals surface area contributed by atoms with Crippen LogP contribution >= 0.6 is 11.6 Å². The van der Waals surface area contributed by atoms with Crippen LogP contribution in [0.1, 0.15) is 44.2 Å². The predicted octanol–water partition coefficient (Wildman–Crippen LogP) is 5.44. The van der Waals surface area contributed by atoms with Crippen molar-refractivity contribution < 1.29 is 4.39 Å². The van der Waals surface area contributed by atoms with Gasteiger partial charge in [0.2, 0.25) is 5.95 Å². The van der Waals surface area contributed by atoms with E-state index in [1.54, 1.807) is 7.05 Å². The number of aryl methyl sites for hydroxylation is 3. The second-order valence-corrected chi connectivity index (χ2v) is 8.50. The third-order valence-corrected chi connectivity index (χ3v) is 5.82. The number of rotatable bonds is 3. The first-order valence-corrected chi connectivity index (χ1v) is 11.2. The molecular formula is C23H27ClFN7. The minimum Gasteiger partial charge on any atom is -0.357 e. The molecule has 9 heteroatoms. The maximum absolute atomic E-state index is 14.5. The second kappa shape index (κ2) is 9.24. The molecule has 0 unspecified atom stereocenters. The summed E-state index contributed by atoms with van der Waals surface area (Å²) >= 11 is 6.20. The van der Waals surface area contributed by atoms with E-state index in [2.05, 4.69) is 36.1 Å². The number of nitrogens with one attached hydrogen (secondary N) is 1. The van der Waals surface area contributed by atoms with E-state index < -0.39 is 0 Å². The van der Waals surface area contributed by atoms with Gasteiger partial charge in [-0.3, -0.25) is 4.68 Å². The molecule has 0 atom stereocenters. The molecule has 4 aromatic rings. The molecule has 5 rings (SSSR count). The van der Waals surface area contributed by atoms with Crippen LogP contribution in [0.15, 0.2) is 30.6 Å². The minimum absolute atomic E-state index is 0.170. The molecule has 3 aromatic heterocycles. The molecule has 1 aliphatic rings. The van der Waals surface area contributed by atoms with Crippen molar-refractivity contribution in [2.24, 2.45) is 0 Å². The number of hydrogen-bond acceptors (Lipinski definition) is 5. The average molecular weight is 456 g/mol. The Morgan fingerprint density at radius 1 is 1.19 bits per heavy atom. The quantitative estimate of drug-likeness (QED) is 0.445. The van der Waals surface area contributed by atoms with Crippen molar-refractivity contribution in [1.82, 2.24) is 29.3 Å². The van der Waals surface area contributed by atoms with Gasteiger partial charge in [0, 0.05) is 37.1 Å². The standard InChI is InChI=1S/C16H17ClFN5.C7H10N2/c1-8(2)23-9(3)21-15-12(18)5-10(6-13(15)23)14-11(17)7-20-16(19-4)22-14;1-2-6-9-7(3-1)4-5-8-9/h5-8H,1-4H3,(H,19,20,22);4-5H,1-3,6H2. The molecule has 32 heavy (non-hydrogen) atoms. The highest BCUT2D eigenvalue weighted by Crippen LogP contribution is 2.32. The number of benzene rings is 1. The van der Waals surface area contributed by atoms with Crippen LogP contribution in [0.2, 0.25) is 5.02 Å². The fourth-order valence-electron chi connectivity index (χ4n) is 4.09. The van der Waals surface area contributed by atoms with Crippen LogP contribution in [0.4, 0.5) is 10.3 Å². The first kappa shape index (κ1) is 22.2. The number of fused-ring (bicyclic) bond motifs is 2. The SMILES string of the molecule is CNc1ncc(Cl)c(-c2cc(F)c3nc(C)n(C(C)C)c3c2)n1.c1cc2n(n1)CCCC2. The fourth-order valence-corrected chi connectivity index (χ4v) is 4.29. The summed E-state index contributed by atoms with van der Waals surface area (Å²) in [6.07, 6.45) is 7.25. The Labute approximate surface area is 191 Å². The van der Waals surface area contributed by atoms with Gasteiger partial charge in [0.25, 0.3) is 0 Å². The van der Waals surface area contributed by atoms with E-state index >= 15 is 0 Å². The van der Waals surface area contributed by atoms with E-state index in [4.69, 9.17) is 11.6 Å². The number of hydrogen-bond donors (Lipinski definition) is 1. The van der Waals surface area contributed by atoms with Gasteiger partial charge in [0.15, 0.2) is 5.82 Å². The fraction of sp³-hybridized carbons (Fsp3) is 0.391. The van der Waals surface area contributed by atoms with Gasteiger partial charge in [0.05, 0.1) is 22.4 Å². The average Bonchev–Trinajstić information content (AvgIpc) is 3.38. The zero-order valence-electron chi connectivity index (χ0n) is 18.7. The van der Waals surface area contributed by atoms with Gasteiger partial charge in [0.1, 0.15) is 11.3 Å². The van der Waals surface area contributed by atoms with E-state index in [0.717, 1.165) is 17.9 Å². The van der Waals surface area contributed by atoms with E-state index in [-0.39, 0.29) is 11.9 Å². The Hall–Kier alpha value is -3.00. The summed E-state index contributed by atoms with van der Waals surface area (Å²) in [5.41, 5.74) is 3.58. The number of nitrogens with zero attached hydrogens (tertiary/aromatic N) is 6. The molecule has 0 fully saturated rings. The largest absolute Gasteiger partial charge is 0.357 e. The van der Waals surface area contributed by atoms with E-state index in [0.29, 0.717) is 27.7 Å². The highest BCUT2D eigenvalue weighted by Gasteiger charge is 2.17. The molecule has 0 radical (unpaired) electrons. The number of halogens is 2. The van der Waals surface area contributed by atoms with Crippen molar-refractivity contribution >= 4 is 28.6 Å². The third-order valence-electron chi connectivity index (χ3n) is 5.54. The number of anilines is 1. The summed E-state index contributed by atoms with van der Waals surface area (Å²) < 4.78 is 18.6. The molecule has 1 aliphatic heterocycles. The topological polar surface area (TPSA) is 73.5 Å². The van der Waals surface area contributed by atoms with Gasteiger partial charge in [-0.1, -0.05) is 11.6 Å². The van der Waals surface area contributed by atoms with Crippen molar-refractivity contribution in [2.45, 2.75) is 52.6 Å². The number of imidazole rings is 1. The molecule has 0 aliphatic carbocycles. The highest BCUT2D eigenvalue weighted by atomic mass is 35.5. The lowest BCUT2D eigenvalue weighted by molar-refractivity contribution is 0.486. The molecule has 4 heterocycles. The van der Waals surface area contributed by atoms with Crippen molar-refractivity contribution in [3.05, 3.63) is 53.0 Å². The smallest absolute Gasteiger partial charge is 0.223 e. The van der Waals surface area contributed by atoms with Crippen LogP contribution in [0, 0.1) is 12.7 Å². The van der Waals surface area contributed by atoms with Gasteiger partial charge in [-0.15, -0.1) is 0 Å². The van der Waals surface area contributed by atoms with Gasteiger partial charge in [-0.25, -0.2) is 19.3 Å². The van der Waals surface area contributed by atoms with E-state index in [1.807, 2.05) is 37.6 Å². The Bertz CT molecular complexity index is 1220. The van der Waals surface area contributed by atoms with E-state index in [9.17, 15) is 4.39 Å². The summed E-state index contributed by atoms with van der Waals surface area (Å²) in [5, 5.41) is 7.40. The van der Waals surface area contributed by atoms with Gasteiger partial charge in [-0.05, 0) is 58.2 Å². The summed E-state index contributed by atoms with van der Waals surface area (Å²) in [6, 6.07) is 5.56. The summed E-state index contributed by atoms with van der Waals surface area (Å²) in [6.45, 7) is 7.07. The zero-order chi connectivity index (χ0) is 22.8. The molecule has 0 spiro atoms. The normalized spacial score (nSPS) is 13.1. The van der Waals surface area contributed by atoms with Crippen molar-refractivity contribution in [3.8, 4) is 11.3 Å². The Kier molecular flexibility index (Phi) is 6.41. The van der Waals surface area contributed by atoms with Crippen molar-refractivity contribution in [3.63, 3.8) is 0 Å². The molecule has 0 bridgehead atoms. The van der Waals surface area contributed by atoms with Crippen LogP contribution in [-0.2, 0) is 13.0 Å². The molecule has 1 aromatic carbocycles. The molecule has 168 valence electrons. The van der Waals surface area contributed by atoms with Crippen molar-refractivity contribution in [1.29, 1.82) is 0 Å². The molecule has 0 amide bonds. The third kappa shape index (κ3) is 4.32. The highest BCUT2D eigenvalue weighted by molar-refractivity contribution is 6.33. The molecule has 7 nitrogen and oxygen atoms in total. The summed E-state index contributed by atoms with van der Waals surface area (Å²) in [5.74, 6) is 0.815. The van der Waals surface area contributed by atoms with E-state index in [1.165, 1.54) is 37.2 Å². The van der Waals surface area contributed by atoms with Gasteiger partial charge >= 0.3 is 0 Å². The zero-order valence-corrected chi connectivity index (χ0v) is 19.5. The Balaban J connectivity index is 0.000000225. The lowest BCUT2D eigenvalue weighted by Gasteiger charge is -2.12. The Morgan fingerprint density at radius 2 is 2.00 bits per heavy atom. The molecular weight excluding hydrogens is 429 g/mol. The first-order valence-electron chi connectivity index (χ1n) is 10.8. The summed E-state index contributed by atoms with van der Waals surface area (Å²) in [7, 11) is 1.72. The minimum atomic E-state index is -0.388. The maximum Gasteiger partial charge on any atom is 0.223 e. The van der Waals surface area contributed by atoms with Crippen LogP contribution in [0.5, 0.6) is 0 Å². The van der Waals surface area contributed by atoms with Crippen LogP contribution in [-0.4, -0.2) is 36.3 Å². The first-order chi connectivity index (χ1) is 15.4. The van der Waals surface area contributed by atoms with Crippen LogP contribution < -0.4 is 5.32 Å². The maximum atomic E-state index is 14.5. The summed E-state index contributed by atoms with van der Waals surface area (Å²) in [4.78, 5) is 12.7. The Morgan fingerprint density at radius 3 is 2.72 bits per heavy atom. The number of aromatic nitrogens is 6. The molecule has 1 N–H and O–H groups in total. The van der Waals surface area contributed by atoms with Crippen LogP contribution in [0.3, 0.4) is 0 Å².